The summed E-state index contributed by atoms with van der Waals surface area (Å²) in [6.07, 6.45) is 7.41. The standard InChI is InChI=1S/C24H33ClN2O/c1-2-12-26-20-6-5-13-27(16-20)14-11-19-15-23(25)24(28-17-18-9-10-18)22-8-4-3-7-21(19)22/h3-4,7-8,15,18,20,26H,2,5-6,9-14,16-17H2,1H3. The van der Waals surface area contributed by atoms with Crippen molar-refractivity contribution < 1.29 is 4.74 Å². The molecule has 1 N–H and O–H groups in total. The summed E-state index contributed by atoms with van der Waals surface area (Å²) in [4.78, 5) is 2.61. The third kappa shape index (κ3) is 5.00. The number of benzene rings is 2. The Hall–Kier alpha value is -1.29. The molecule has 3 nitrogen and oxygen atoms in total. The molecule has 0 bridgehead atoms. The second kappa shape index (κ2) is 9.47. The lowest BCUT2D eigenvalue weighted by Gasteiger charge is -2.33. The van der Waals surface area contributed by atoms with Crippen molar-refractivity contribution in [3.8, 4) is 5.75 Å². The molecular weight excluding hydrogens is 368 g/mol. The van der Waals surface area contributed by atoms with Crippen LogP contribution in [0.15, 0.2) is 30.3 Å². The third-order valence-electron chi connectivity index (χ3n) is 6.08. The van der Waals surface area contributed by atoms with E-state index in [0.717, 1.165) is 54.7 Å². The van der Waals surface area contributed by atoms with Gasteiger partial charge >= 0.3 is 0 Å². The van der Waals surface area contributed by atoms with Crippen molar-refractivity contribution in [2.75, 3.05) is 32.8 Å². The number of nitrogens with one attached hydrogen (secondary N) is 1. The van der Waals surface area contributed by atoms with Crippen molar-refractivity contribution in [1.82, 2.24) is 10.2 Å². The van der Waals surface area contributed by atoms with E-state index in [1.165, 1.54) is 49.6 Å². The Morgan fingerprint density at radius 2 is 2.00 bits per heavy atom. The van der Waals surface area contributed by atoms with Gasteiger partial charge in [0.25, 0.3) is 0 Å². The Kier molecular flexibility index (Phi) is 6.77. The predicted octanol–water partition coefficient (Wildman–Crippen LogP) is 5.29. The summed E-state index contributed by atoms with van der Waals surface area (Å²) >= 11 is 6.67. The predicted molar refractivity (Wildman–Crippen MR) is 119 cm³/mol. The van der Waals surface area contributed by atoms with Crippen molar-refractivity contribution in [3.05, 3.63) is 40.9 Å². The minimum absolute atomic E-state index is 0.646. The quantitative estimate of drug-likeness (QED) is 0.619. The molecular formula is C24H33ClN2O. The number of rotatable bonds is 9. The molecule has 1 saturated carbocycles. The van der Waals surface area contributed by atoms with E-state index in [1.54, 1.807) is 0 Å². The number of halogens is 1. The fourth-order valence-electron chi connectivity index (χ4n) is 4.28. The van der Waals surface area contributed by atoms with Crippen LogP contribution in [0.1, 0.15) is 44.6 Å². The van der Waals surface area contributed by atoms with Gasteiger partial charge in [-0.25, -0.2) is 0 Å². The van der Waals surface area contributed by atoms with Gasteiger partial charge < -0.3 is 15.0 Å². The fourth-order valence-corrected chi connectivity index (χ4v) is 4.57. The molecule has 2 fully saturated rings. The number of piperidine rings is 1. The number of likely N-dealkylation sites (tertiary alicyclic amines) is 1. The van der Waals surface area contributed by atoms with Gasteiger partial charge in [0.2, 0.25) is 0 Å². The summed E-state index contributed by atoms with van der Waals surface area (Å²) in [7, 11) is 0. The Balaban J connectivity index is 1.45. The normalized spacial score (nSPS) is 20.6. The first-order valence-electron chi connectivity index (χ1n) is 11.0. The molecule has 0 aromatic heterocycles. The van der Waals surface area contributed by atoms with Gasteiger partial charge in [0.15, 0.2) is 0 Å². The number of ether oxygens (including phenoxy) is 1. The molecule has 0 amide bonds. The van der Waals surface area contributed by atoms with Gasteiger partial charge in [0, 0.05) is 24.5 Å². The van der Waals surface area contributed by atoms with Gasteiger partial charge in [0.1, 0.15) is 5.75 Å². The second-order valence-electron chi connectivity index (χ2n) is 8.49. The molecule has 1 heterocycles. The molecule has 2 aromatic rings. The highest BCUT2D eigenvalue weighted by atomic mass is 35.5. The van der Waals surface area contributed by atoms with Crippen molar-refractivity contribution in [2.45, 2.75) is 51.5 Å². The summed E-state index contributed by atoms with van der Waals surface area (Å²) in [5.74, 6) is 1.59. The van der Waals surface area contributed by atoms with Crippen LogP contribution in [-0.4, -0.2) is 43.7 Å². The molecule has 1 saturated heterocycles. The lowest BCUT2D eigenvalue weighted by Crippen LogP contribution is -2.46. The molecule has 1 atom stereocenters. The fraction of sp³-hybridized carbons (Fsp3) is 0.583. The van der Waals surface area contributed by atoms with E-state index in [4.69, 9.17) is 16.3 Å². The molecule has 2 aliphatic rings. The van der Waals surface area contributed by atoms with Crippen molar-refractivity contribution in [3.63, 3.8) is 0 Å². The summed E-state index contributed by atoms with van der Waals surface area (Å²) in [6, 6.07) is 11.4. The molecule has 4 heteroatoms. The molecule has 0 spiro atoms. The maximum Gasteiger partial charge on any atom is 0.145 e. The van der Waals surface area contributed by atoms with Gasteiger partial charge in [-0.2, -0.15) is 0 Å². The number of hydrogen-bond acceptors (Lipinski definition) is 3. The van der Waals surface area contributed by atoms with Gasteiger partial charge in [-0.3, -0.25) is 0 Å². The topological polar surface area (TPSA) is 24.5 Å². The lowest BCUT2D eigenvalue weighted by atomic mass is 10.00. The highest BCUT2D eigenvalue weighted by Gasteiger charge is 2.23. The number of fused-ring (bicyclic) bond motifs is 1. The zero-order valence-electron chi connectivity index (χ0n) is 17.1. The van der Waals surface area contributed by atoms with Crippen LogP contribution < -0.4 is 10.1 Å². The van der Waals surface area contributed by atoms with Crippen LogP contribution in [0.25, 0.3) is 10.8 Å². The first-order chi connectivity index (χ1) is 13.7. The SMILES string of the molecule is CCCNC1CCCN(CCc2cc(Cl)c(OCC3CC3)c3ccccc23)C1. The lowest BCUT2D eigenvalue weighted by molar-refractivity contribution is 0.193. The largest absolute Gasteiger partial charge is 0.491 e. The third-order valence-corrected chi connectivity index (χ3v) is 6.36. The Morgan fingerprint density at radius 3 is 2.79 bits per heavy atom. The zero-order valence-corrected chi connectivity index (χ0v) is 17.8. The first-order valence-corrected chi connectivity index (χ1v) is 11.4. The van der Waals surface area contributed by atoms with Gasteiger partial charge in [-0.05, 0) is 74.5 Å². The van der Waals surface area contributed by atoms with E-state index >= 15 is 0 Å². The van der Waals surface area contributed by atoms with Crippen LogP contribution in [0.4, 0.5) is 0 Å². The average molecular weight is 401 g/mol. The van der Waals surface area contributed by atoms with Crippen molar-refractivity contribution in [2.24, 2.45) is 5.92 Å². The molecule has 0 radical (unpaired) electrons. The molecule has 1 unspecified atom stereocenters. The number of hydrogen-bond donors (Lipinski definition) is 1. The summed E-state index contributed by atoms with van der Waals surface area (Å²) in [6.45, 7) is 7.62. The maximum atomic E-state index is 6.67. The van der Waals surface area contributed by atoms with E-state index in [-0.39, 0.29) is 0 Å². The molecule has 4 rings (SSSR count). The van der Waals surface area contributed by atoms with Crippen molar-refractivity contribution in [1.29, 1.82) is 0 Å². The minimum atomic E-state index is 0.646. The van der Waals surface area contributed by atoms with Crippen LogP contribution in [0.2, 0.25) is 5.02 Å². The zero-order chi connectivity index (χ0) is 19.3. The van der Waals surface area contributed by atoms with Crippen molar-refractivity contribution >= 4 is 22.4 Å². The van der Waals surface area contributed by atoms with Crippen LogP contribution in [-0.2, 0) is 6.42 Å². The maximum absolute atomic E-state index is 6.67. The van der Waals surface area contributed by atoms with Crippen LogP contribution in [0.5, 0.6) is 5.75 Å². The van der Waals surface area contributed by atoms with E-state index in [1.807, 2.05) is 0 Å². The van der Waals surface area contributed by atoms with Gasteiger partial charge in [-0.15, -0.1) is 0 Å². The minimum Gasteiger partial charge on any atom is -0.491 e. The summed E-state index contributed by atoms with van der Waals surface area (Å²) < 4.78 is 6.12. The monoisotopic (exact) mass is 400 g/mol. The van der Waals surface area contributed by atoms with Gasteiger partial charge in [0.05, 0.1) is 11.6 Å². The Labute approximate surface area is 174 Å². The first kappa shape index (κ1) is 20.0. The molecule has 152 valence electrons. The Bertz CT molecular complexity index is 790. The number of nitrogens with zero attached hydrogens (tertiary/aromatic N) is 1. The van der Waals surface area contributed by atoms with Crippen LogP contribution in [0.3, 0.4) is 0 Å². The van der Waals surface area contributed by atoms with E-state index < -0.39 is 0 Å². The van der Waals surface area contributed by atoms with Crippen LogP contribution in [0, 0.1) is 5.92 Å². The highest BCUT2D eigenvalue weighted by Crippen LogP contribution is 2.38. The summed E-state index contributed by atoms with van der Waals surface area (Å²) in [5.41, 5.74) is 1.34. The van der Waals surface area contributed by atoms with E-state index in [9.17, 15) is 0 Å². The van der Waals surface area contributed by atoms with Gasteiger partial charge in [-0.1, -0.05) is 42.8 Å². The van der Waals surface area contributed by atoms with E-state index in [2.05, 4.69) is 47.5 Å². The summed E-state index contributed by atoms with van der Waals surface area (Å²) in [5, 5.41) is 6.90. The van der Waals surface area contributed by atoms with Crippen LogP contribution >= 0.6 is 11.6 Å². The second-order valence-corrected chi connectivity index (χ2v) is 8.90. The molecule has 1 aliphatic heterocycles. The highest BCUT2D eigenvalue weighted by molar-refractivity contribution is 6.33. The molecule has 28 heavy (non-hydrogen) atoms. The average Bonchev–Trinajstić information content (AvgIpc) is 3.55. The smallest absolute Gasteiger partial charge is 0.145 e. The van der Waals surface area contributed by atoms with E-state index in [0.29, 0.717) is 6.04 Å². The Morgan fingerprint density at radius 1 is 1.18 bits per heavy atom. The molecule has 1 aliphatic carbocycles. The molecule has 2 aromatic carbocycles.